The third-order valence-electron chi connectivity index (χ3n) is 4.84. The molecule has 0 unspecified atom stereocenters. The molecule has 1 N–H and O–H groups in total. The molecule has 6 heteroatoms. The van der Waals surface area contributed by atoms with Crippen LogP contribution in [0.2, 0.25) is 0 Å². The topological polar surface area (TPSA) is 55.4 Å². The van der Waals surface area contributed by atoms with Gasteiger partial charge in [-0.15, -0.1) is 0 Å². The van der Waals surface area contributed by atoms with Gasteiger partial charge < -0.3 is 10.1 Å². The fourth-order valence-corrected chi connectivity index (χ4v) is 4.60. The number of esters is 1. The van der Waals surface area contributed by atoms with Crippen molar-refractivity contribution in [1.82, 2.24) is 5.32 Å². The number of rotatable bonds is 6. The molecule has 0 spiro atoms. The number of thioether (sulfide) groups is 1. The third-order valence-corrected chi connectivity index (χ3v) is 6.20. The Labute approximate surface area is 172 Å². The first-order valence-electron chi connectivity index (χ1n) is 9.27. The van der Waals surface area contributed by atoms with E-state index in [2.05, 4.69) is 28.2 Å². The molecule has 0 bridgehead atoms. The lowest BCUT2D eigenvalue weighted by molar-refractivity contribution is -0.138. The molecule has 1 atom stereocenters. The van der Waals surface area contributed by atoms with Crippen molar-refractivity contribution in [3.8, 4) is 0 Å². The molecule has 144 valence electrons. The van der Waals surface area contributed by atoms with Crippen LogP contribution < -0.4 is 5.32 Å². The molecule has 1 aromatic rings. The lowest BCUT2D eigenvalue weighted by atomic mass is 9.75. The van der Waals surface area contributed by atoms with Crippen molar-refractivity contribution < 1.29 is 14.3 Å². The minimum atomic E-state index is -0.377. The first kappa shape index (κ1) is 20.2. The van der Waals surface area contributed by atoms with E-state index in [1.54, 1.807) is 11.8 Å². The van der Waals surface area contributed by atoms with Gasteiger partial charge in [-0.2, -0.15) is 11.8 Å². The van der Waals surface area contributed by atoms with Crippen LogP contribution in [0.5, 0.6) is 0 Å². The van der Waals surface area contributed by atoms with Crippen molar-refractivity contribution in [1.29, 1.82) is 0 Å². The predicted molar refractivity (Wildman–Crippen MR) is 113 cm³/mol. The molecule has 3 rings (SSSR count). The highest BCUT2D eigenvalue weighted by Gasteiger charge is 2.39. The molecule has 0 fully saturated rings. The van der Waals surface area contributed by atoms with Gasteiger partial charge in [-0.25, -0.2) is 4.79 Å². The van der Waals surface area contributed by atoms with E-state index in [4.69, 9.17) is 4.74 Å². The lowest BCUT2D eigenvalue weighted by Gasteiger charge is -2.34. The zero-order chi connectivity index (χ0) is 19.4. The standard InChI is InChI=1S/C21H24BrNO3S/c1-3-27-11-10-26-21(25)18-13(2)23-16-8-5-9-17(24)20(16)19(18)14-6-4-7-15(22)12-14/h4,6-7,12,19,23H,3,5,8-11H2,1-2H3/t19-/m0/s1. The molecule has 27 heavy (non-hydrogen) atoms. The van der Waals surface area contributed by atoms with Crippen LogP contribution in [0.25, 0.3) is 0 Å². The Kier molecular flexibility index (Phi) is 6.82. The van der Waals surface area contributed by atoms with Gasteiger partial charge >= 0.3 is 5.97 Å². The number of benzene rings is 1. The number of halogens is 1. The van der Waals surface area contributed by atoms with Crippen LogP contribution in [0, 0.1) is 0 Å². The quantitative estimate of drug-likeness (QED) is 0.503. The summed E-state index contributed by atoms with van der Waals surface area (Å²) in [5.74, 6) is 1.17. The number of hydrogen-bond acceptors (Lipinski definition) is 5. The zero-order valence-electron chi connectivity index (χ0n) is 15.6. The Morgan fingerprint density at radius 2 is 2.19 bits per heavy atom. The Bertz CT molecular complexity index is 815. The Balaban J connectivity index is 1.99. The second-order valence-corrected chi connectivity index (χ2v) is 8.96. The van der Waals surface area contributed by atoms with E-state index in [9.17, 15) is 9.59 Å². The van der Waals surface area contributed by atoms with Crippen LogP contribution in [-0.2, 0) is 14.3 Å². The smallest absolute Gasteiger partial charge is 0.336 e. The zero-order valence-corrected chi connectivity index (χ0v) is 18.0. The Morgan fingerprint density at radius 3 is 2.93 bits per heavy atom. The summed E-state index contributed by atoms with van der Waals surface area (Å²) in [6, 6.07) is 7.83. The Morgan fingerprint density at radius 1 is 1.37 bits per heavy atom. The molecule has 2 aliphatic rings. The number of dihydropyridines is 1. The summed E-state index contributed by atoms with van der Waals surface area (Å²) in [7, 11) is 0. The van der Waals surface area contributed by atoms with Gasteiger partial charge in [0.1, 0.15) is 6.61 Å². The van der Waals surface area contributed by atoms with E-state index in [1.807, 2.05) is 31.2 Å². The maximum absolute atomic E-state index is 12.9. The van der Waals surface area contributed by atoms with Crippen LogP contribution in [0.1, 0.15) is 44.6 Å². The molecule has 0 saturated heterocycles. The molecule has 0 saturated carbocycles. The second kappa shape index (κ2) is 9.11. The van der Waals surface area contributed by atoms with Crippen molar-refractivity contribution in [2.75, 3.05) is 18.1 Å². The molecular weight excluding hydrogens is 426 g/mol. The van der Waals surface area contributed by atoms with Crippen molar-refractivity contribution in [3.63, 3.8) is 0 Å². The SMILES string of the molecule is CCSCCOC(=O)C1=C(C)NC2=C(C(=O)CCC2)[C@H]1c1cccc(Br)c1. The molecule has 1 aromatic carbocycles. The minimum Gasteiger partial charge on any atom is -0.461 e. The van der Waals surface area contributed by atoms with E-state index >= 15 is 0 Å². The molecule has 0 radical (unpaired) electrons. The van der Waals surface area contributed by atoms with Gasteiger partial charge in [0.05, 0.1) is 5.57 Å². The van der Waals surface area contributed by atoms with Gasteiger partial charge in [-0.05, 0) is 43.2 Å². The van der Waals surface area contributed by atoms with Gasteiger partial charge in [0.25, 0.3) is 0 Å². The van der Waals surface area contributed by atoms with Crippen molar-refractivity contribution >= 4 is 39.4 Å². The molecule has 4 nitrogen and oxygen atoms in total. The largest absolute Gasteiger partial charge is 0.461 e. The van der Waals surface area contributed by atoms with Crippen LogP contribution in [0.15, 0.2) is 51.3 Å². The first-order chi connectivity index (χ1) is 13.0. The maximum Gasteiger partial charge on any atom is 0.336 e. The van der Waals surface area contributed by atoms with E-state index in [1.165, 1.54) is 0 Å². The average Bonchev–Trinajstić information content (AvgIpc) is 2.64. The van der Waals surface area contributed by atoms with Gasteiger partial charge in [0, 0.05) is 39.5 Å². The van der Waals surface area contributed by atoms with Gasteiger partial charge in [0.15, 0.2) is 5.78 Å². The monoisotopic (exact) mass is 449 g/mol. The average molecular weight is 450 g/mol. The highest BCUT2D eigenvalue weighted by Crippen LogP contribution is 2.42. The van der Waals surface area contributed by atoms with E-state index in [0.29, 0.717) is 18.6 Å². The Hall–Kier alpha value is -1.53. The van der Waals surface area contributed by atoms with Crippen LogP contribution in [0.3, 0.4) is 0 Å². The number of allylic oxidation sites excluding steroid dienone is 3. The molecule has 0 aromatic heterocycles. The number of carbonyl (C=O) groups excluding carboxylic acids is 2. The number of hydrogen-bond donors (Lipinski definition) is 1. The minimum absolute atomic E-state index is 0.119. The second-order valence-electron chi connectivity index (χ2n) is 6.65. The van der Waals surface area contributed by atoms with Crippen LogP contribution in [0.4, 0.5) is 0 Å². The van der Waals surface area contributed by atoms with Crippen molar-refractivity contribution in [2.24, 2.45) is 0 Å². The first-order valence-corrected chi connectivity index (χ1v) is 11.2. The van der Waals surface area contributed by atoms with E-state index in [0.717, 1.165) is 51.4 Å². The summed E-state index contributed by atoms with van der Waals surface area (Å²) >= 11 is 5.25. The molecule has 1 heterocycles. The third kappa shape index (κ3) is 4.49. The number of carbonyl (C=O) groups is 2. The maximum atomic E-state index is 12.9. The summed E-state index contributed by atoms with van der Waals surface area (Å²) < 4.78 is 6.47. The number of ether oxygens (including phenoxy) is 1. The number of Topliss-reactive ketones (excluding diaryl/α,β-unsaturated/α-hetero) is 1. The summed E-state index contributed by atoms with van der Waals surface area (Å²) in [6.07, 6.45) is 2.20. The van der Waals surface area contributed by atoms with Crippen LogP contribution in [-0.4, -0.2) is 29.9 Å². The summed E-state index contributed by atoms with van der Waals surface area (Å²) in [4.78, 5) is 25.7. The van der Waals surface area contributed by atoms with Crippen molar-refractivity contribution in [3.05, 3.63) is 56.8 Å². The van der Waals surface area contributed by atoms with Gasteiger partial charge in [-0.3, -0.25) is 4.79 Å². The summed E-state index contributed by atoms with van der Waals surface area (Å²) in [5.41, 5.74) is 3.93. The molecule has 1 aliphatic carbocycles. The van der Waals surface area contributed by atoms with Gasteiger partial charge in [-0.1, -0.05) is 35.0 Å². The van der Waals surface area contributed by atoms with Gasteiger partial charge in [0.2, 0.25) is 0 Å². The molecule has 0 amide bonds. The predicted octanol–water partition coefficient (Wildman–Crippen LogP) is 4.71. The van der Waals surface area contributed by atoms with E-state index in [-0.39, 0.29) is 17.7 Å². The lowest BCUT2D eigenvalue weighted by Crippen LogP contribution is -2.34. The number of nitrogens with one attached hydrogen (secondary N) is 1. The van der Waals surface area contributed by atoms with E-state index < -0.39 is 0 Å². The molecular formula is C21H24BrNO3S. The highest BCUT2D eigenvalue weighted by atomic mass is 79.9. The fraction of sp³-hybridized carbons (Fsp3) is 0.429. The fourth-order valence-electron chi connectivity index (χ4n) is 3.69. The van der Waals surface area contributed by atoms with Crippen molar-refractivity contribution in [2.45, 2.75) is 39.0 Å². The summed E-state index contributed by atoms with van der Waals surface area (Å²) in [5, 5.41) is 3.32. The number of ketones is 1. The molecule has 1 aliphatic heterocycles. The summed E-state index contributed by atoms with van der Waals surface area (Å²) in [6.45, 7) is 4.35. The van der Waals surface area contributed by atoms with Crippen LogP contribution >= 0.6 is 27.7 Å². The normalized spacial score (nSPS) is 19.7. The highest BCUT2D eigenvalue weighted by molar-refractivity contribution is 9.10.